The van der Waals surface area contributed by atoms with Gasteiger partial charge in [0.15, 0.2) is 0 Å². The van der Waals surface area contributed by atoms with Crippen molar-refractivity contribution in [2.45, 2.75) is 13.3 Å². The molecule has 128 valence electrons. The maximum absolute atomic E-state index is 11.7. The average Bonchev–Trinajstić information content (AvgIpc) is 2.97. The van der Waals surface area contributed by atoms with Crippen LogP contribution in [0, 0.1) is 0 Å². The molecule has 0 spiro atoms. The number of benzene rings is 1. The van der Waals surface area contributed by atoms with Gasteiger partial charge >= 0.3 is 0 Å². The molecule has 1 aliphatic heterocycles. The van der Waals surface area contributed by atoms with E-state index in [1.165, 1.54) is 6.33 Å². The summed E-state index contributed by atoms with van der Waals surface area (Å²) in [6, 6.07) is 12.1. The van der Waals surface area contributed by atoms with Crippen LogP contribution in [0.1, 0.15) is 13.3 Å². The van der Waals surface area contributed by atoms with Crippen LogP contribution in [0.25, 0.3) is 17.0 Å². The predicted octanol–water partition coefficient (Wildman–Crippen LogP) is 1.85. The lowest BCUT2D eigenvalue weighted by Gasteiger charge is -2.23. The van der Waals surface area contributed by atoms with Crippen LogP contribution in [-0.2, 0) is 4.79 Å². The molecule has 1 fully saturated rings. The highest BCUT2D eigenvalue weighted by Crippen LogP contribution is 2.24. The maximum Gasteiger partial charge on any atom is 0.254 e. The number of fused-ring (bicyclic) bond motifs is 1. The molecule has 2 aromatic heterocycles. The minimum atomic E-state index is 0.132. The van der Waals surface area contributed by atoms with Crippen molar-refractivity contribution in [1.82, 2.24) is 24.5 Å². The molecule has 0 N–H and O–H groups in total. The first-order valence-corrected chi connectivity index (χ1v) is 8.49. The lowest BCUT2D eigenvalue weighted by molar-refractivity contribution is -0.128. The molecule has 3 heterocycles. The molecular weight excluding hydrogens is 316 g/mol. The lowest BCUT2D eigenvalue weighted by atomic mass is 10.1. The Balaban J connectivity index is 1.73. The summed E-state index contributed by atoms with van der Waals surface area (Å²) in [5.74, 6) is 1.68. The number of carbonyl (C=O) groups excluding carboxylic acids is 1. The van der Waals surface area contributed by atoms with E-state index in [0.717, 1.165) is 43.1 Å². The van der Waals surface area contributed by atoms with E-state index < -0.39 is 0 Å². The Hall–Kier alpha value is -2.96. The summed E-state index contributed by atoms with van der Waals surface area (Å²) in [5, 5.41) is 4.33. The molecule has 4 rings (SSSR count). The standard InChI is InChI=1S/C18H20N6O/c1-14(25)22-8-5-9-23(11-10-22)17-12-16(15-6-3-2-4-7-15)21-18-19-13-20-24(17)18/h2-4,6-7,12-13H,5,8-11H2,1H3. The molecule has 1 aromatic carbocycles. The van der Waals surface area contributed by atoms with Gasteiger partial charge in [-0.2, -0.15) is 14.6 Å². The number of aromatic nitrogens is 4. The second-order valence-electron chi connectivity index (χ2n) is 6.18. The topological polar surface area (TPSA) is 66.6 Å². The minimum absolute atomic E-state index is 0.132. The van der Waals surface area contributed by atoms with Crippen LogP contribution in [0.5, 0.6) is 0 Å². The smallest absolute Gasteiger partial charge is 0.254 e. The van der Waals surface area contributed by atoms with Crippen molar-refractivity contribution < 1.29 is 4.79 Å². The molecule has 25 heavy (non-hydrogen) atoms. The zero-order valence-corrected chi connectivity index (χ0v) is 14.2. The average molecular weight is 336 g/mol. The molecule has 1 aliphatic rings. The van der Waals surface area contributed by atoms with Crippen molar-refractivity contribution >= 4 is 17.5 Å². The molecule has 0 bridgehead atoms. The Bertz CT molecular complexity index is 891. The molecule has 0 saturated carbocycles. The zero-order chi connectivity index (χ0) is 17.2. The summed E-state index contributed by atoms with van der Waals surface area (Å²) in [6.45, 7) is 4.78. The van der Waals surface area contributed by atoms with E-state index in [1.54, 1.807) is 11.4 Å². The number of amides is 1. The molecule has 3 aromatic rings. The van der Waals surface area contributed by atoms with Gasteiger partial charge in [-0.25, -0.2) is 4.98 Å². The van der Waals surface area contributed by atoms with Crippen molar-refractivity contribution in [3.05, 3.63) is 42.7 Å². The van der Waals surface area contributed by atoms with Gasteiger partial charge in [0.05, 0.1) is 5.69 Å². The molecule has 0 radical (unpaired) electrons. The van der Waals surface area contributed by atoms with Gasteiger partial charge in [-0.1, -0.05) is 30.3 Å². The SMILES string of the molecule is CC(=O)N1CCCN(c2cc(-c3ccccc3)nc3ncnn23)CC1. The fraction of sp³-hybridized carbons (Fsp3) is 0.333. The van der Waals surface area contributed by atoms with E-state index in [-0.39, 0.29) is 5.91 Å². The predicted molar refractivity (Wildman–Crippen MR) is 95.3 cm³/mol. The summed E-state index contributed by atoms with van der Waals surface area (Å²) in [7, 11) is 0. The number of nitrogens with zero attached hydrogens (tertiary/aromatic N) is 6. The number of hydrogen-bond donors (Lipinski definition) is 0. The van der Waals surface area contributed by atoms with E-state index in [2.05, 4.69) is 26.0 Å². The molecule has 0 unspecified atom stereocenters. The van der Waals surface area contributed by atoms with Gasteiger partial charge in [0, 0.05) is 44.7 Å². The third-order valence-corrected chi connectivity index (χ3v) is 4.57. The summed E-state index contributed by atoms with van der Waals surface area (Å²) < 4.78 is 1.77. The van der Waals surface area contributed by atoms with Crippen LogP contribution in [0.15, 0.2) is 42.7 Å². The Morgan fingerprint density at radius 2 is 1.92 bits per heavy atom. The van der Waals surface area contributed by atoms with E-state index >= 15 is 0 Å². The highest BCUT2D eigenvalue weighted by atomic mass is 16.2. The van der Waals surface area contributed by atoms with Gasteiger partial charge < -0.3 is 9.80 Å². The van der Waals surface area contributed by atoms with Crippen LogP contribution < -0.4 is 4.90 Å². The van der Waals surface area contributed by atoms with Crippen molar-refractivity contribution in [2.75, 3.05) is 31.1 Å². The number of carbonyl (C=O) groups is 1. The third kappa shape index (κ3) is 3.05. The van der Waals surface area contributed by atoms with E-state index in [9.17, 15) is 4.79 Å². The van der Waals surface area contributed by atoms with Gasteiger partial charge in [-0.3, -0.25) is 4.79 Å². The molecule has 7 heteroatoms. The van der Waals surface area contributed by atoms with Crippen molar-refractivity contribution in [3.8, 4) is 11.3 Å². The Labute approximate surface area is 145 Å². The Morgan fingerprint density at radius 3 is 2.72 bits per heavy atom. The lowest BCUT2D eigenvalue weighted by Crippen LogP contribution is -2.34. The van der Waals surface area contributed by atoms with Gasteiger partial charge in [0.1, 0.15) is 12.1 Å². The van der Waals surface area contributed by atoms with E-state index in [0.29, 0.717) is 12.3 Å². The fourth-order valence-electron chi connectivity index (χ4n) is 3.24. The largest absolute Gasteiger partial charge is 0.355 e. The Kier molecular flexibility index (Phi) is 4.05. The molecule has 7 nitrogen and oxygen atoms in total. The molecule has 0 atom stereocenters. The van der Waals surface area contributed by atoms with Crippen LogP contribution in [-0.4, -0.2) is 56.6 Å². The first kappa shape index (κ1) is 15.6. The third-order valence-electron chi connectivity index (χ3n) is 4.57. The summed E-state index contributed by atoms with van der Waals surface area (Å²) >= 11 is 0. The summed E-state index contributed by atoms with van der Waals surface area (Å²) in [5.41, 5.74) is 1.93. The van der Waals surface area contributed by atoms with E-state index in [1.807, 2.05) is 35.2 Å². The second-order valence-corrected chi connectivity index (χ2v) is 6.18. The quantitative estimate of drug-likeness (QED) is 0.714. The molecule has 1 amide bonds. The van der Waals surface area contributed by atoms with Crippen LogP contribution in [0.4, 0.5) is 5.82 Å². The minimum Gasteiger partial charge on any atom is -0.355 e. The van der Waals surface area contributed by atoms with Gasteiger partial charge in [0.25, 0.3) is 5.78 Å². The highest BCUT2D eigenvalue weighted by molar-refractivity contribution is 5.73. The summed E-state index contributed by atoms with van der Waals surface area (Å²) in [4.78, 5) is 24.7. The molecular formula is C18H20N6O. The number of anilines is 1. The van der Waals surface area contributed by atoms with E-state index in [4.69, 9.17) is 0 Å². The van der Waals surface area contributed by atoms with Crippen LogP contribution >= 0.6 is 0 Å². The molecule has 0 aliphatic carbocycles. The van der Waals surface area contributed by atoms with Crippen molar-refractivity contribution in [1.29, 1.82) is 0 Å². The van der Waals surface area contributed by atoms with Gasteiger partial charge in [0.2, 0.25) is 5.91 Å². The number of rotatable bonds is 2. The normalized spacial score (nSPS) is 15.4. The van der Waals surface area contributed by atoms with Crippen molar-refractivity contribution in [2.24, 2.45) is 0 Å². The monoisotopic (exact) mass is 336 g/mol. The van der Waals surface area contributed by atoms with Crippen LogP contribution in [0.3, 0.4) is 0 Å². The first-order valence-electron chi connectivity index (χ1n) is 8.49. The Morgan fingerprint density at radius 1 is 1.08 bits per heavy atom. The van der Waals surface area contributed by atoms with Gasteiger partial charge in [-0.15, -0.1) is 0 Å². The fourth-order valence-corrected chi connectivity index (χ4v) is 3.24. The maximum atomic E-state index is 11.7. The van der Waals surface area contributed by atoms with Crippen LogP contribution in [0.2, 0.25) is 0 Å². The second kappa shape index (κ2) is 6.51. The molecule has 1 saturated heterocycles. The van der Waals surface area contributed by atoms with Gasteiger partial charge in [-0.05, 0) is 6.42 Å². The first-order chi connectivity index (χ1) is 12.2. The number of hydrogen-bond acceptors (Lipinski definition) is 5. The summed E-state index contributed by atoms with van der Waals surface area (Å²) in [6.07, 6.45) is 2.46. The highest BCUT2D eigenvalue weighted by Gasteiger charge is 2.20. The van der Waals surface area contributed by atoms with Crippen molar-refractivity contribution in [3.63, 3.8) is 0 Å². The zero-order valence-electron chi connectivity index (χ0n) is 14.2.